The summed E-state index contributed by atoms with van der Waals surface area (Å²) in [7, 11) is 6.12. The van der Waals surface area contributed by atoms with Crippen LogP contribution in [0.4, 0.5) is 4.79 Å². The van der Waals surface area contributed by atoms with Gasteiger partial charge in [-0.15, -0.1) is 0 Å². The number of ether oxygens (including phenoxy) is 6. The van der Waals surface area contributed by atoms with E-state index in [4.69, 9.17) is 33.5 Å². The number of carboxylic acids is 1. The van der Waals surface area contributed by atoms with Gasteiger partial charge in [-0.1, -0.05) is 13.8 Å². The Bertz CT molecular complexity index is 1010. The fraction of sp³-hybridized carbons (Fsp3) is 0.462. The van der Waals surface area contributed by atoms with Gasteiger partial charge in [-0.25, -0.2) is 9.59 Å². The standard InChI is InChI=1S/C26H34O10/c1-26(2,21-9-18(13-33-5)24(36-25(29)30)19(10-21)14-34-6)20-7-16(11-31-3)23(35-15-22(27)28)17(8-20)12-32-4/h7-10H,11-15H2,1-6H3,(H,27,28)(H,29,30). The lowest BCUT2D eigenvalue weighted by molar-refractivity contribution is -0.139. The van der Waals surface area contributed by atoms with Crippen molar-refractivity contribution in [1.82, 2.24) is 0 Å². The van der Waals surface area contributed by atoms with E-state index in [2.05, 4.69) is 0 Å². The molecule has 0 aliphatic carbocycles. The Morgan fingerprint density at radius 2 is 1.06 bits per heavy atom. The molecule has 198 valence electrons. The van der Waals surface area contributed by atoms with Crippen molar-refractivity contribution >= 4 is 12.1 Å². The van der Waals surface area contributed by atoms with Gasteiger partial charge in [-0.3, -0.25) is 0 Å². The zero-order valence-electron chi connectivity index (χ0n) is 21.5. The van der Waals surface area contributed by atoms with E-state index >= 15 is 0 Å². The fourth-order valence-electron chi connectivity index (χ4n) is 3.99. The van der Waals surface area contributed by atoms with Gasteiger partial charge < -0.3 is 38.6 Å². The van der Waals surface area contributed by atoms with Gasteiger partial charge in [0.2, 0.25) is 0 Å². The smallest absolute Gasteiger partial charge is 0.481 e. The largest absolute Gasteiger partial charge is 0.511 e. The third-order valence-corrected chi connectivity index (χ3v) is 5.66. The summed E-state index contributed by atoms with van der Waals surface area (Å²) in [5.74, 6) is -0.500. The molecule has 36 heavy (non-hydrogen) atoms. The molecule has 0 aliphatic heterocycles. The minimum Gasteiger partial charge on any atom is -0.481 e. The highest BCUT2D eigenvalue weighted by Gasteiger charge is 2.29. The molecule has 0 aromatic heterocycles. The van der Waals surface area contributed by atoms with Crippen LogP contribution in [0.3, 0.4) is 0 Å². The summed E-state index contributed by atoms with van der Waals surface area (Å²) in [5.41, 5.74) is 3.64. The van der Waals surface area contributed by atoms with Gasteiger partial charge in [0.05, 0.1) is 26.4 Å². The summed E-state index contributed by atoms with van der Waals surface area (Å²) < 4.78 is 32.0. The highest BCUT2D eigenvalue weighted by atomic mass is 16.7. The number of hydrogen-bond acceptors (Lipinski definition) is 8. The number of carbonyl (C=O) groups is 2. The minimum absolute atomic E-state index is 0.134. The molecule has 10 nitrogen and oxygen atoms in total. The van der Waals surface area contributed by atoms with Crippen molar-refractivity contribution < 1.29 is 48.2 Å². The van der Waals surface area contributed by atoms with E-state index in [9.17, 15) is 14.7 Å². The first-order valence-corrected chi connectivity index (χ1v) is 11.1. The maximum Gasteiger partial charge on any atom is 0.511 e. The Kier molecular flexibility index (Phi) is 10.7. The molecule has 0 heterocycles. The predicted octanol–water partition coefficient (Wildman–Crippen LogP) is 4.12. The van der Waals surface area contributed by atoms with Crippen LogP contribution in [0.5, 0.6) is 11.5 Å². The summed E-state index contributed by atoms with van der Waals surface area (Å²) in [6, 6.07) is 7.52. The van der Waals surface area contributed by atoms with E-state index in [1.54, 1.807) is 14.2 Å². The maximum atomic E-state index is 11.3. The zero-order chi connectivity index (χ0) is 26.9. The van der Waals surface area contributed by atoms with Crippen molar-refractivity contribution in [1.29, 1.82) is 0 Å². The molecule has 2 aromatic rings. The summed E-state index contributed by atoms with van der Waals surface area (Å²) in [6.45, 7) is 4.21. The Labute approximate surface area is 210 Å². The molecule has 0 atom stereocenters. The first kappa shape index (κ1) is 29.1. The van der Waals surface area contributed by atoms with Crippen LogP contribution in [-0.4, -0.2) is 57.4 Å². The quantitative estimate of drug-likeness (QED) is 0.285. The topological polar surface area (TPSA) is 130 Å². The summed E-state index contributed by atoms with van der Waals surface area (Å²) in [5, 5.41) is 18.4. The molecular weight excluding hydrogens is 472 g/mol. The molecule has 0 bridgehead atoms. The monoisotopic (exact) mass is 506 g/mol. The molecule has 0 fully saturated rings. The van der Waals surface area contributed by atoms with E-state index in [1.807, 2.05) is 38.1 Å². The van der Waals surface area contributed by atoms with Gasteiger partial charge >= 0.3 is 12.1 Å². The lowest BCUT2D eigenvalue weighted by atomic mass is 9.76. The number of aliphatic carboxylic acids is 1. The Balaban J connectivity index is 2.72. The molecule has 0 radical (unpaired) electrons. The lowest BCUT2D eigenvalue weighted by Crippen LogP contribution is -2.22. The fourth-order valence-corrected chi connectivity index (χ4v) is 3.99. The molecule has 0 saturated heterocycles. The van der Waals surface area contributed by atoms with Gasteiger partial charge in [0.15, 0.2) is 6.61 Å². The highest BCUT2D eigenvalue weighted by Crippen LogP contribution is 2.40. The van der Waals surface area contributed by atoms with E-state index in [1.165, 1.54) is 14.2 Å². The number of benzene rings is 2. The third kappa shape index (κ3) is 7.17. The van der Waals surface area contributed by atoms with Gasteiger partial charge in [0.25, 0.3) is 0 Å². The van der Waals surface area contributed by atoms with Gasteiger partial charge in [-0.05, 0) is 35.4 Å². The Hall–Kier alpha value is -3.18. The molecule has 0 amide bonds. The SMILES string of the molecule is COCc1cc(C(C)(C)c2cc(COC)c(OC(=O)O)c(COC)c2)cc(COC)c1OCC(=O)O. The van der Waals surface area contributed by atoms with Crippen LogP contribution in [0.2, 0.25) is 0 Å². The number of carboxylic acid groups (broad SMARTS) is 2. The molecule has 2 rings (SSSR count). The van der Waals surface area contributed by atoms with Gasteiger partial charge in [0, 0.05) is 56.1 Å². The van der Waals surface area contributed by atoms with E-state index in [0.717, 1.165) is 11.1 Å². The summed E-state index contributed by atoms with van der Waals surface area (Å²) in [4.78, 5) is 22.5. The number of rotatable bonds is 14. The van der Waals surface area contributed by atoms with Crippen LogP contribution in [-0.2, 0) is 55.6 Å². The summed E-state index contributed by atoms with van der Waals surface area (Å²) >= 11 is 0. The van der Waals surface area contributed by atoms with Crippen LogP contribution >= 0.6 is 0 Å². The maximum absolute atomic E-state index is 11.3. The Morgan fingerprint density at radius 1 is 0.694 bits per heavy atom. The second kappa shape index (κ2) is 13.2. The molecule has 2 aromatic carbocycles. The van der Waals surface area contributed by atoms with Crippen molar-refractivity contribution in [2.24, 2.45) is 0 Å². The molecule has 10 heteroatoms. The molecule has 2 N–H and O–H groups in total. The predicted molar refractivity (Wildman–Crippen MR) is 130 cm³/mol. The average Bonchev–Trinajstić information content (AvgIpc) is 2.80. The molecule has 0 saturated carbocycles. The third-order valence-electron chi connectivity index (χ3n) is 5.66. The minimum atomic E-state index is -1.43. The van der Waals surface area contributed by atoms with Crippen molar-refractivity contribution in [2.45, 2.75) is 45.7 Å². The molecule has 0 unspecified atom stereocenters. The van der Waals surface area contributed by atoms with Gasteiger partial charge in [-0.2, -0.15) is 0 Å². The van der Waals surface area contributed by atoms with Crippen molar-refractivity contribution in [2.75, 3.05) is 35.0 Å². The van der Waals surface area contributed by atoms with Crippen LogP contribution in [0.1, 0.15) is 47.2 Å². The van der Waals surface area contributed by atoms with Crippen molar-refractivity contribution in [3.8, 4) is 11.5 Å². The van der Waals surface area contributed by atoms with Crippen LogP contribution in [0.15, 0.2) is 24.3 Å². The Morgan fingerprint density at radius 3 is 1.36 bits per heavy atom. The highest BCUT2D eigenvalue weighted by molar-refractivity contribution is 5.69. The van der Waals surface area contributed by atoms with Crippen LogP contribution in [0, 0.1) is 0 Å². The average molecular weight is 507 g/mol. The normalized spacial score (nSPS) is 11.4. The zero-order valence-corrected chi connectivity index (χ0v) is 21.5. The van der Waals surface area contributed by atoms with E-state index in [-0.39, 0.29) is 32.2 Å². The lowest BCUT2D eigenvalue weighted by Gasteiger charge is -2.30. The van der Waals surface area contributed by atoms with Crippen molar-refractivity contribution in [3.63, 3.8) is 0 Å². The molecule has 0 spiro atoms. The van der Waals surface area contributed by atoms with E-state index in [0.29, 0.717) is 28.0 Å². The second-order valence-corrected chi connectivity index (χ2v) is 8.65. The molecule has 0 aliphatic rings. The molecular formula is C26H34O10. The van der Waals surface area contributed by atoms with Crippen LogP contribution in [0.25, 0.3) is 0 Å². The number of hydrogen-bond donors (Lipinski definition) is 2. The van der Waals surface area contributed by atoms with E-state index < -0.39 is 24.1 Å². The van der Waals surface area contributed by atoms with Crippen molar-refractivity contribution in [3.05, 3.63) is 57.6 Å². The summed E-state index contributed by atoms with van der Waals surface area (Å²) in [6.07, 6.45) is -1.43. The van der Waals surface area contributed by atoms with Crippen LogP contribution < -0.4 is 9.47 Å². The first-order valence-electron chi connectivity index (χ1n) is 11.1. The van der Waals surface area contributed by atoms with Gasteiger partial charge in [0.1, 0.15) is 11.5 Å². The first-order chi connectivity index (χ1) is 17.1. The number of methoxy groups -OCH3 is 4. The second-order valence-electron chi connectivity index (χ2n) is 8.65.